The summed E-state index contributed by atoms with van der Waals surface area (Å²) in [5, 5.41) is 2.94. The van der Waals surface area contributed by atoms with E-state index in [0.29, 0.717) is 11.7 Å². The molecule has 6 heteroatoms. The Morgan fingerprint density at radius 2 is 1.85 bits per heavy atom. The number of fused-ring (bicyclic) bond motifs is 2. The molecule has 2 atom stereocenters. The minimum Gasteiger partial charge on any atom is -0.497 e. The number of hydrogen-bond donors (Lipinski definition) is 1. The van der Waals surface area contributed by atoms with Gasteiger partial charge in [-0.05, 0) is 42.8 Å². The first-order valence-electron chi connectivity index (χ1n) is 8.64. The number of nitrogens with zero attached hydrogens (tertiary/aromatic N) is 3. The van der Waals surface area contributed by atoms with Gasteiger partial charge in [0.2, 0.25) is 0 Å². The highest BCUT2D eigenvalue weighted by atomic mass is 16.5. The highest BCUT2D eigenvalue weighted by Crippen LogP contribution is 2.35. The molecule has 2 aliphatic rings. The Bertz CT molecular complexity index is 842. The lowest BCUT2D eigenvalue weighted by molar-refractivity contribution is 0.202. The SMILES string of the molecule is [C-]#[N+]c1ccc(NC(=O)N2C[C@H]3C[C@@H]2CN3c2ccc(OC)cc2)cc1. The van der Waals surface area contributed by atoms with E-state index >= 15 is 0 Å². The predicted octanol–water partition coefficient (Wildman–Crippen LogP) is 3.74. The standard InChI is InChI=1S/C20H20N4O2/c1-21-14-3-5-15(6-4-14)22-20(25)24-13-17-11-18(24)12-23(17)16-7-9-19(26-2)10-8-16/h3-10,17-18H,11-13H2,2H3,(H,22,25)/t17-,18-/m1/s1. The molecule has 4 rings (SSSR count). The van der Waals surface area contributed by atoms with Crippen LogP contribution in [0, 0.1) is 6.57 Å². The average molecular weight is 348 g/mol. The molecule has 0 aliphatic carbocycles. The number of piperazine rings is 1. The quantitative estimate of drug-likeness (QED) is 0.860. The van der Waals surface area contributed by atoms with Gasteiger partial charge >= 0.3 is 6.03 Å². The molecule has 1 N–H and O–H groups in total. The fraction of sp³-hybridized carbons (Fsp3) is 0.300. The van der Waals surface area contributed by atoms with Crippen molar-refractivity contribution < 1.29 is 9.53 Å². The van der Waals surface area contributed by atoms with E-state index in [4.69, 9.17) is 11.3 Å². The number of hydrogen-bond acceptors (Lipinski definition) is 3. The van der Waals surface area contributed by atoms with Crippen LogP contribution in [0.5, 0.6) is 5.75 Å². The molecule has 6 nitrogen and oxygen atoms in total. The van der Waals surface area contributed by atoms with Gasteiger partial charge in [-0.25, -0.2) is 9.64 Å². The first-order chi connectivity index (χ1) is 12.7. The normalized spacial score (nSPS) is 20.8. The van der Waals surface area contributed by atoms with Crippen LogP contribution in [0.3, 0.4) is 0 Å². The monoisotopic (exact) mass is 348 g/mol. The van der Waals surface area contributed by atoms with Crippen molar-refractivity contribution in [2.75, 3.05) is 30.4 Å². The van der Waals surface area contributed by atoms with Crippen LogP contribution in [0.2, 0.25) is 0 Å². The number of likely N-dealkylation sites (tertiary alicyclic amines) is 1. The molecule has 2 bridgehead atoms. The lowest BCUT2D eigenvalue weighted by atomic mass is 10.2. The molecule has 2 heterocycles. The molecule has 2 aromatic rings. The van der Waals surface area contributed by atoms with E-state index in [1.165, 1.54) is 5.69 Å². The van der Waals surface area contributed by atoms with Crippen LogP contribution < -0.4 is 15.0 Å². The van der Waals surface area contributed by atoms with Gasteiger partial charge in [0.25, 0.3) is 0 Å². The third-order valence-electron chi connectivity index (χ3n) is 5.15. The minimum absolute atomic E-state index is 0.0672. The zero-order valence-corrected chi connectivity index (χ0v) is 14.6. The fourth-order valence-electron chi connectivity index (χ4n) is 3.82. The van der Waals surface area contributed by atoms with E-state index in [1.807, 2.05) is 17.0 Å². The maximum Gasteiger partial charge on any atom is 0.322 e. The van der Waals surface area contributed by atoms with E-state index in [9.17, 15) is 4.79 Å². The summed E-state index contributed by atoms with van der Waals surface area (Å²) in [4.78, 5) is 20.3. The summed E-state index contributed by atoms with van der Waals surface area (Å²) in [5.74, 6) is 0.850. The van der Waals surface area contributed by atoms with Gasteiger partial charge in [0, 0.05) is 30.5 Å². The number of methoxy groups -OCH3 is 1. The van der Waals surface area contributed by atoms with Gasteiger partial charge in [-0.3, -0.25) is 0 Å². The second kappa shape index (κ2) is 6.60. The molecule has 2 fully saturated rings. The Balaban J connectivity index is 1.39. The number of urea groups is 1. The van der Waals surface area contributed by atoms with Crippen LogP contribution in [0.15, 0.2) is 48.5 Å². The average Bonchev–Trinajstić information content (AvgIpc) is 3.29. The predicted molar refractivity (Wildman–Crippen MR) is 101 cm³/mol. The first kappa shape index (κ1) is 16.3. The zero-order chi connectivity index (χ0) is 18.1. The van der Waals surface area contributed by atoms with Crippen LogP contribution >= 0.6 is 0 Å². The first-order valence-corrected chi connectivity index (χ1v) is 8.64. The number of ether oxygens (including phenoxy) is 1. The molecule has 0 radical (unpaired) electrons. The van der Waals surface area contributed by atoms with Crippen molar-refractivity contribution in [1.29, 1.82) is 0 Å². The number of amides is 2. The van der Waals surface area contributed by atoms with Crippen LogP contribution in [0.25, 0.3) is 4.85 Å². The Hall–Kier alpha value is -3.20. The molecular formula is C20H20N4O2. The lowest BCUT2D eigenvalue weighted by Crippen LogP contribution is -2.50. The Morgan fingerprint density at radius 3 is 2.42 bits per heavy atom. The second-order valence-electron chi connectivity index (χ2n) is 6.63. The van der Waals surface area contributed by atoms with Crippen molar-refractivity contribution in [2.24, 2.45) is 0 Å². The maximum absolute atomic E-state index is 12.6. The van der Waals surface area contributed by atoms with Crippen molar-refractivity contribution in [2.45, 2.75) is 18.5 Å². The molecule has 132 valence electrons. The van der Waals surface area contributed by atoms with E-state index in [2.05, 4.69) is 27.2 Å². The van der Waals surface area contributed by atoms with Gasteiger partial charge in [0.05, 0.1) is 19.7 Å². The number of nitrogens with one attached hydrogen (secondary N) is 1. The summed E-state index contributed by atoms with van der Waals surface area (Å²) in [6.45, 7) is 8.55. The van der Waals surface area contributed by atoms with Crippen molar-refractivity contribution >= 4 is 23.1 Å². The molecule has 2 aromatic carbocycles. The van der Waals surface area contributed by atoms with Crippen LogP contribution in [0.4, 0.5) is 21.9 Å². The molecule has 2 saturated heterocycles. The minimum atomic E-state index is -0.0672. The molecule has 0 unspecified atom stereocenters. The number of carbonyl (C=O) groups is 1. The summed E-state index contributed by atoms with van der Waals surface area (Å²) in [5.41, 5.74) is 2.46. The maximum atomic E-state index is 12.6. The second-order valence-corrected chi connectivity index (χ2v) is 6.63. The van der Waals surface area contributed by atoms with E-state index in [1.54, 1.807) is 31.4 Å². The smallest absolute Gasteiger partial charge is 0.322 e. The molecule has 0 spiro atoms. The van der Waals surface area contributed by atoms with Gasteiger partial charge in [-0.1, -0.05) is 12.1 Å². The molecular weight excluding hydrogens is 328 g/mol. The van der Waals surface area contributed by atoms with E-state index in [0.717, 1.165) is 30.9 Å². The third-order valence-corrected chi connectivity index (χ3v) is 5.15. The van der Waals surface area contributed by atoms with Gasteiger partial charge in [0.15, 0.2) is 5.69 Å². The highest BCUT2D eigenvalue weighted by molar-refractivity contribution is 5.90. The fourth-order valence-corrected chi connectivity index (χ4v) is 3.82. The lowest BCUT2D eigenvalue weighted by Gasteiger charge is -2.35. The molecule has 0 aromatic heterocycles. The Morgan fingerprint density at radius 1 is 1.12 bits per heavy atom. The number of benzene rings is 2. The van der Waals surface area contributed by atoms with Gasteiger partial charge in [0.1, 0.15) is 5.75 Å². The molecule has 2 aliphatic heterocycles. The topological polar surface area (TPSA) is 49.2 Å². The number of anilines is 2. The van der Waals surface area contributed by atoms with E-state index in [-0.39, 0.29) is 12.1 Å². The van der Waals surface area contributed by atoms with Gasteiger partial charge in [-0.15, -0.1) is 0 Å². The summed E-state index contributed by atoms with van der Waals surface area (Å²) in [6, 6.07) is 15.6. The van der Waals surface area contributed by atoms with Crippen molar-refractivity contribution in [3.8, 4) is 5.75 Å². The third kappa shape index (κ3) is 2.93. The molecule has 2 amide bonds. The van der Waals surface area contributed by atoms with Crippen molar-refractivity contribution in [3.05, 3.63) is 59.9 Å². The Labute approximate surface area is 152 Å². The van der Waals surface area contributed by atoms with Crippen molar-refractivity contribution in [3.63, 3.8) is 0 Å². The number of carbonyl (C=O) groups excluding carboxylic acids is 1. The molecule has 0 saturated carbocycles. The van der Waals surface area contributed by atoms with E-state index < -0.39 is 0 Å². The summed E-state index contributed by atoms with van der Waals surface area (Å²) < 4.78 is 5.22. The van der Waals surface area contributed by atoms with Crippen molar-refractivity contribution in [1.82, 2.24) is 4.90 Å². The van der Waals surface area contributed by atoms with Crippen LogP contribution in [-0.2, 0) is 0 Å². The molecule has 26 heavy (non-hydrogen) atoms. The zero-order valence-electron chi connectivity index (χ0n) is 14.6. The highest BCUT2D eigenvalue weighted by Gasteiger charge is 2.45. The van der Waals surface area contributed by atoms with Gasteiger partial charge in [-0.2, -0.15) is 0 Å². The summed E-state index contributed by atoms with van der Waals surface area (Å²) >= 11 is 0. The van der Waals surface area contributed by atoms with Crippen LogP contribution in [-0.4, -0.2) is 43.2 Å². The number of rotatable bonds is 3. The van der Waals surface area contributed by atoms with Gasteiger partial charge < -0.3 is 19.9 Å². The largest absolute Gasteiger partial charge is 0.497 e. The Kier molecular flexibility index (Phi) is 4.13. The summed E-state index contributed by atoms with van der Waals surface area (Å²) in [6.07, 6.45) is 0.996. The van der Waals surface area contributed by atoms with Crippen LogP contribution in [0.1, 0.15) is 6.42 Å². The summed E-state index contributed by atoms with van der Waals surface area (Å²) in [7, 11) is 1.67.